The molecule has 24 heavy (non-hydrogen) atoms. The van der Waals surface area contributed by atoms with E-state index in [4.69, 9.17) is 0 Å². The fourth-order valence-corrected chi connectivity index (χ4v) is 3.63. The van der Waals surface area contributed by atoms with Gasteiger partial charge in [0, 0.05) is 26.1 Å². The number of hydrogen-bond donors (Lipinski definition) is 1. The molecule has 0 atom stereocenters. The number of benzene rings is 1. The van der Waals surface area contributed by atoms with Crippen LogP contribution in [-0.2, 0) is 15.0 Å². The lowest BCUT2D eigenvalue weighted by Crippen LogP contribution is -2.37. The van der Waals surface area contributed by atoms with Crippen molar-refractivity contribution >= 4 is 11.8 Å². The number of rotatable bonds is 6. The van der Waals surface area contributed by atoms with Crippen molar-refractivity contribution in [3.05, 3.63) is 35.4 Å². The number of aryl methyl sites for hydroxylation is 1. The van der Waals surface area contributed by atoms with Gasteiger partial charge in [-0.25, -0.2) is 0 Å². The minimum Gasteiger partial charge on any atom is -0.355 e. The minimum atomic E-state index is -0.301. The fourth-order valence-electron chi connectivity index (χ4n) is 3.63. The average Bonchev–Trinajstić information content (AvgIpc) is 3.38. The molecular weight excluding hydrogens is 300 g/mol. The van der Waals surface area contributed by atoms with Crippen molar-refractivity contribution in [1.29, 1.82) is 0 Å². The Morgan fingerprint density at radius 2 is 2.08 bits per heavy atom. The predicted molar refractivity (Wildman–Crippen MR) is 94.8 cm³/mol. The maximum absolute atomic E-state index is 12.6. The van der Waals surface area contributed by atoms with Gasteiger partial charge < -0.3 is 10.2 Å². The van der Waals surface area contributed by atoms with E-state index in [1.807, 2.05) is 11.0 Å². The summed E-state index contributed by atoms with van der Waals surface area (Å²) < 4.78 is 0. The highest BCUT2D eigenvalue weighted by atomic mass is 16.2. The lowest BCUT2D eigenvalue weighted by atomic mass is 9.93. The van der Waals surface area contributed by atoms with Crippen molar-refractivity contribution < 1.29 is 9.59 Å². The summed E-state index contributed by atoms with van der Waals surface area (Å²) >= 11 is 0. The Bertz CT molecular complexity index is 607. The molecule has 1 aliphatic heterocycles. The molecule has 0 bridgehead atoms. The molecular formula is C20H28N2O2. The van der Waals surface area contributed by atoms with E-state index in [0.29, 0.717) is 13.0 Å². The first kappa shape index (κ1) is 17.0. The second-order valence-corrected chi connectivity index (χ2v) is 7.25. The first-order chi connectivity index (χ1) is 11.6. The zero-order valence-electron chi connectivity index (χ0n) is 14.6. The van der Waals surface area contributed by atoms with E-state index in [0.717, 1.165) is 57.2 Å². The van der Waals surface area contributed by atoms with E-state index < -0.39 is 0 Å². The molecule has 2 amide bonds. The summed E-state index contributed by atoms with van der Waals surface area (Å²) in [5.41, 5.74) is 2.04. The molecule has 1 saturated carbocycles. The van der Waals surface area contributed by atoms with Crippen LogP contribution in [0.2, 0.25) is 0 Å². The van der Waals surface area contributed by atoms with Crippen molar-refractivity contribution in [1.82, 2.24) is 10.2 Å². The molecule has 130 valence electrons. The number of carbonyl (C=O) groups excluding carboxylic acids is 2. The van der Waals surface area contributed by atoms with Crippen LogP contribution in [0.25, 0.3) is 0 Å². The van der Waals surface area contributed by atoms with Gasteiger partial charge in [-0.3, -0.25) is 9.59 Å². The first-order valence-electron chi connectivity index (χ1n) is 9.25. The smallest absolute Gasteiger partial charge is 0.230 e. The molecule has 0 unspecified atom stereocenters. The van der Waals surface area contributed by atoms with Crippen LogP contribution in [-0.4, -0.2) is 36.3 Å². The molecule has 1 aromatic rings. The van der Waals surface area contributed by atoms with Crippen molar-refractivity contribution in [2.75, 3.05) is 19.6 Å². The van der Waals surface area contributed by atoms with Crippen LogP contribution in [0.15, 0.2) is 24.3 Å². The SMILES string of the molecule is Cc1cccc(C2(C(=O)NCCCN3CCCCCC3=O)CC2)c1. The summed E-state index contributed by atoms with van der Waals surface area (Å²) in [6, 6.07) is 8.29. The third kappa shape index (κ3) is 3.80. The number of amides is 2. The number of nitrogens with zero attached hydrogens (tertiary/aromatic N) is 1. The van der Waals surface area contributed by atoms with Gasteiger partial charge in [-0.05, 0) is 44.6 Å². The quantitative estimate of drug-likeness (QED) is 0.816. The standard InChI is InChI=1S/C20H28N2O2/c1-16-7-5-8-17(15-16)20(10-11-20)19(24)21-12-6-14-22-13-4-2-3-9-18(22)23/h5,7-8,15H,2-4,6,9-14H2,1H3,(H,21,24). The largest absolute Gasteiger partial charge is 0.355 e. The molecule has 1 heterocycles. The lowest BCUT2D eigenvalue weighted by molar-refractivity contribution is -0.130. The van der Waals surface area contributed by atoms with Crippen molar-refractivity contribution in [3.8, 4) is 0 Å². The highest BCUT2D eigenvalue weighted by molar-refractivity contribution is 5.91. The highest BCUT2D eigenvalue weighted by Crippen LogP contribution is 2.48. The van der Waals surface area contributed by atoms with Gasteiger partial charge in [0.25, 0.3) is 0 Å². The molecule has 0 radical (unpaired) electrons. The fraction of sp³-hybridized carbons (Fsp3) is 0.600. The third-order valence-electron chi connectivity index (χ3n) is 5.32. The molecule has 3 rings (SSSR count). The van der Waals surface area contributed by atoms with Crippen molar-refractivity contribution in [2.45, 2.75) is 57.3 Å². The van der Waals surface area contributed by atoms with Crippen LogP contribution < -0.4 is 5.32 Å². The van der Waals surface area contributed by atoms with E-state index in [2.05, 4.69) is 30.4 Å². The maximum atomic E-state index is 12.6. The lowest BCUT2D eigenvalue weighted by Gasteiger charge is -2.21. The van der Waals surface area contributed by atoms with E-state index in [9.17, 15) is 9.59 Å². The van der Waals surface area contributed by atoms with Crippen molar-refractivity contribution in [3.63, 3.8) is 0 Å². The topological polar surface area (TPSA) is 49.4 Å². The van der Waals surface area contributed by atoms with Gasteiger partial charge in [0.15, 0.2) is 0 Å². The summed E-state index contributed by atoms with van der Waals surface area (Å²) in [4.78, 5) is 26.5. The monoisotopic (exact) mass is 328 g/mol. The second kappa shape index (κ2) is 7.37. The molecule has 2 aliphatic rings. The van der Waals surface area contributed by atoms with E-state index in [1.165, 1.54) is 5.56 Å². The van der Waals surface area contributed by atoms with E-state index in [-0.39, 0.29) is 17.2 Å². The Labute approximate surface area is 144 Å². The Hall–Kier alpha value is -1.84. The Morgan fingerprint density at radius 1 is 1.25 bits per heavy atom. The zero-order valence-corrected chi connectivity index (χ0v) is 14.6. The summed E-state index contributed by atoms with van der Waals surface area (Å²) in [6.07, 6.45) is 6.67. The maximum Gasteiger partial charge on any atom is 0.230 e. The average molecular weight is 328 g/mol. The van der Waals surface area contributed by atoms with Gasteiger partial charge in [-0.15, -0.1) is 0 Å². The number of likely N-dealkylation sites (tertiary alicyclic amines) is 1. The molecule has 0 spiro atoms. The van der Waals surface area contributed by atoms with E-state index >= 15 is 0 Å². The summed E-state index contributed by atoms with van der Waals surface area (Å²) in [5.74, 6) is 0.424. The molecule has 1 N–H and O–H groups in total. The van der Waals surface area contributed by atoms with Gasteiger partial charge in [-0.1, -0.05) is 36.2 Å². The Morgan fingerprint density at radius 3 is 2.83 bits per heavy atom. The highest BCUT2D eigenvalue weighted by Gasteiger charge is 2.51. The number of carbonyl (C=O) groups is 2. The van der Waals surface area contributed by atoms with Crippen LogP contribution in [0.1, 0.15) is 56.1 Å². The molecule has 0 aromatic heterocycles. The van der Waals surface area contributed by atoms with Gasteiger partial charge in [-0.2, -0.15) is 0 Å². The normalized spacial score (nSPS) is 19.7. The zero-order chi connectivity index (χ0) is 17.0. The van der Waals surface area contributed by atoms with Crippen LogP contribution >= 0.6 is 0 Å². The molecule has 2 fully saturated rings. The van der Waals surface area contributed by atoms with Crippen LogP contribution in [0.4, 0.5) is 0 Å². The molecule has 1 aromatic carbocycles. The summed E-state index contributed by atoms with van der Waals surface area (Å²) in [7, 11) is 0. The number of nitrogens with one attached hydrogen (secondary N) is 1. The van der Waals surface area contributed by atoms with E-state index in [1.54, 1.807) is 0 Å². The minimum absolute atomic E-state index is 0.148. The van der Waals surface area contributed by atoms with Crippen molar-refractivity contribution in [2.24, 2.45) is 0 Å². The predicted octanol–water partition coefficient (Wildman–Crippen LogP) is 2.94. The van der Waals surface area contributed by atoms with Crippen LogP contribution in [0, 0.1) is 6.92 Å². The van der Waals surface area contributed by atoms with Gasteiger partial charge in [0.1, 0.15) is 0 Å². The molecule has 1 saturated heterocycles. The second-order valence-electron chi connectivity index (χ2n) is 7.25. The van der Waals surface area contributed by atoms with Gasteiger partial charge in [0.2, 0.25) is 11.8 Å². The number of hydrogen-bond acceptors (Lipinski definition) is 2. The third-order valence-corrected chi connectivity index (χ3v) is 5.32. The van der Waals surface area contributed by atoms with Crippen LogP contribution in [0.5, 0.6) is 0 Å². The first-order valence-corrected chi connectivity index (χ1v) is 9.25. The Balaban J connectivity index is 1.47. The summed E-state index contributed by atoms with van der Waals surface area (Å²) in [5, 5.41) is 3.10. The van der Waals surface area contributed by atoms with Gasteiger partial charge in [0.05, 0.1) is 5.41 Å². The van der Waals surface area contributed by atoms with Gasteiger partial charge >= 0.3 is 0 Å². The van der Waals surface area contributed by atoms with Crippen LogP contribution in [0.3, 0.4) is 0 Å². The molecule has 1 aliphatic carbocycles. The Kier molecular flexibility index (Phi) is 5.22. The molecule has 4 nitrogen and oxygen atoms in total. The summed E-state index contributed by atoms with van der Waals surface area (Å²) in [6.45, 7) is 4.35. The molecule has 4 heteroatoms.